The molecule has 2 aromatic heterocycles. The Hall–Kier alpha value is -2.06. The number of carbonyl (C=O) groups excluding carboxylic acids is 1. The van der Waals surface area contributed by atoms with E-state index >= 15 is 0 Å². The third-order valence-electron chi connectivity index (χ3n) is 4.51. The first-order valence-electron chi connectivity index (χ1n) is 8.26. The molecule has 0 radical (unpaired) electrons. The van der Waals surface area contributed by atoms with Crippen LogP contribution in [0.5, 0.6) is 0 Å². The average molecular weight is 435 g/mol. The van der Waals surface area contributed by atoms with E-state index in [1.165, 1.54) is 6.07 Å². The van der Waals surface area contributed by atoms with Gasteiger partial charge in [-0.3, -0.25) is 4.79 Å². The first kappa shape index (κ1) is 17.4. The number of halogens is 2. The van der Waals surface area contributed by atoms with Crippen molar-refractivity contribution in [2.75, 3.05) is 31.1 Å². The van der Waals surface area contributed by atoms with Gasteiger partial charge in [0.15, 0.2) is 0 Å². The fraction of sp³-hybridized carbons (Fsp3) is 0.278. The van der Waals surface area contributed by atoms with E-state index in [2.05, 4.69) is 30.8 Å². The standard InChI is InChI=1S/C18H16BrFN4OS/c19-14-9-12(1-2-15(14)20)10-16(25)23-4-6-24(7-5-23)17-13-3-8-26-18(13)22-11-21-17/h1-3,8-9,11H,4-7,10H2. The van der Waals surface area contributed by atoms with Gasteiger partial charge >= 0.3 is 0 Å². The van der Waals surface area contributed by atoms with Crippen LogP contribution in [0.4, 0.5) is 10.2 Å². The summed E-state index contributed by atoms with van der Waals surface area (Å²) in [6, 6.07) is 6.74. The van der Waals surface area contributed by atoms with Crippen molar-refractivity contribution in [3.05, 3.63) is 51.8 Å². The Bertz CT molecular complexity index is 955. The lowest BCUT2D eigenvalue weighted by atomic mass is 10.1. The summed E-state index contributed by atoms with van der Waals surface area (Å²) >= 11 is 4.77. The van der Waals surface area contributed by atoms with E-state index in [4.69, 9.17) is 0 Å². The number of nitrogens with zero attached hydrogens (tertiary/aromatic N) is 4. The topological polar surface area (TPSA) is 49.3 Å². The van der Waals surface area contributed by atoms with Gasteiger partial charge in [-0.25, -0.2) is 14.4 Å². The maximum absolute atomic E-state index is 13.3. The molecule has 26 heavy (non-hydrogen) atoms. The van der Waals surface area contributed by atoms with Gasteiger partial charge in [0.25, 0.3) is 0 Å². The molecule has 1 amide bonds. The van der Waals surface area contributed by atoms with Crippen molar-refractivity contribution in [3.63, 3.8) is 0 Å². The van der Waals surface area contributed by atoms with E-state index < -0.39 is 0 Å². The lowest BCUT2D eigenvalue weighted by Gasteiger charge is -2.35. The second kappa shape index (κ2) is 7.28. The van der Waals surface area contributed by atoms with Crippen LogP contribution in [0.3, 0.4) is 0 Å². The van der Waals surface area contributed by atoms with Crippen molar-refractivity contribution in [3.8, 4) is 0 Å². The minimum atomic E-state index is -0.320. The smallest absolute Gasteiger partial charge is 0.227 e. The zero-order valence-electron chi connectivity index (χ0n) is 13.9. The molecular formula is C18H16BrFN4OS. The summed E-state index contributed by atoms with van der Waals surface area (Å²) in [6.45, 7) is 2.77. The molecule has 0 aliphatic carbocycles. The van der Waals surface area contributed by atoms with Gasteiger partial charge in [0.1, 0.15) is 22.8 Å². The molecule has 0 atom stereocenters. The van der Waals surface area contributed by atoms with Crippen LogP contribution in [-0.4, -0.2) is 47.0 Å². The number of aromatic nitrogens is 2. The highest BCUT2D eigenvalue weighted by molar-refractivity contribution is 9.10. The number of benzene rings is 1. The van der Waals surface area contributed by atoms with Gasteiger partial charge in [0.05, 0.1) is 16.3 Å². The van der Waals surface area contributed by atoms with Crippen LogP contribution in [0.1, 0.15) is 5.56 Å². The summed E-state index contributed by atoms with van der Waals surface area (Å²) in [7, 11) is 0. The Morgan fingerprint density at radius 2 is 2.00 bits per heavy atom. The number of amides is 1. The van der Waals surface area contributed by atoms with Crippen LogP contribution in [0, 0.1) is 5.82 Å². The number of fused-ring (bicyclic) bond motifs is 1. The van der Waals surface area contributed by atoms with Crippen molar-refractivity contribution in [1.82, 2.24) is 14.9 Å². The van der Waals surface area contributed by atoms with E-state index in [1.807, 2.05) is 16.3 Å². The zero-order valence-corrected chi connectivity index (χ0v) is 16.3. The largest absolute Gasteiger partial charge is 0.352 e. The number of anilines is 1. The molecule has 134 valence electrons. The Balaban J connectivity index is 1.40. The second-order valence-corrected chi connectivity index (χ2v) is 7.88. The number of hydrogen-bond donors (Lipinski definition) is 0. The number of thiophene rings is 1. The maximum Gasteiger partial charge on any atom is 0.227 e. The van der Waals surface area contributed by atoms with Gasteiger partial charge in [-0.1, -0.05) is 6.07 Å². The summed E-state index contributed by atoms with van der Waals surface area (Å²) in [6.07, 6.45) is 1.87. The molecule has 0 spiro atoms. The molecule has 4 rings (SSSR count). The van der Waals surface area contributed by atoms with Crippen LogP contribution in [0.25, 0.3) is 10.2 Å². The van der Waals surface area contributed by atoms with Crippen LogP contribution < -0.4 is 4.90 Å². The van der Waals surface area contributed by atoms with Crippen molar-refractivity contribution < 1.29 is 9.18 Å². The van der Waals surface area contributed by atoms with Gasteiger partial charge in [0.2, 0.25) is 5.91 Å². The van der Waals surface area contributed by atoms with E-state index in [0.717, 1.165) is 34.7 Å². The predicted molar refractivity (Wildman–Crippen MR) is 104 cm³/mol. The van der Waals surface area contributed by atoms with Gasteiger partial charge in [-0.15, -0.1) is 11.3 Å². The van der Waals surface area contributed by atoms with Crippen LogP contribution in [0.2, 0.25) is 0 Å². The first-order valence-corrected chi connectivity index (χ1v) is 9.94. The molecule has 0 N–H and O–H groups in total. The van der Waals surface area contributed by atoms with Crippen LogP contribution in [-0.2, 0) is 11.2 Å². The van der Waals surface area contributed by atoms with Crippen molar-refractivity contribution in [2.45, 2.75) is 6.42 Å². The summed E-state index contributed by atoms with van der Waals surface area (Å²) in [5, 5.41) is 3.08. The summed E-state index contributed by atoms with van der Waals surface area (Å²) in [5.74, 6) is 0.678. The van der Waals surface area contributed by atoms with Gasteiger partial charge < -0.3 is 9.80 Å². The van der Waals surface area contributed by atoms with Crippen molar-refractivity contribution in [2.24, 2.45) is 0 Å². The molecule has 0 saturated carbocycles. The predicted octanol–water partition coefficient (Wildman–Crippen LogP) is 3.48. The molecule has 5 nitrogen and oxygen atoms in total. The van der Waals surface area contributed by atoms with E-state index in [9.17, 15) is 9.18 Å². The summed E-state index contributed by atoms with van der Waals surface area (Å²) in [4.78, 5) is 26.3. The number of rotatable bonds is 3. The molecule has 1 saturated heterocycles. The molecular weight excluding hydrogens is 419 g/mol. The lowest BCUT2D eigenvalue weighted by Crippen LogP contribution is -2.49. The van der Waals surface area contributed by atoms with Crippen LogP contribution >= 0.6 is 27.3 Å². The van der Waals surface area contributed by atoms with Crippen LogP contribution in [0.15, 0.2) is 40.4 Å². The third-order valence-corrected chi connectivity index (χ3v) is 5.94. The monoisotopic (exact) mass is 434 g/mol. The van der Waals surface area contributed by atoms with Gasteiger partial charge in [-0.2, -0.15) is 0 Å². The molecule has 8 heteroatoms. The Labute approximate surface area is 162 Å². The molecule has 1 aliphatic rings. The summed E-state index contributed by atoms with van der Waals surface area (Å²) < 4.78 is 13.7. The molecule has 1 aromatic carbocycles. The average Bonchev–Trinajstić information content (AvgIpc) is 3.14. The Kier molecular flexibility index (Phi) is 4.86. The number of piperazine rings is 1. The quantitative estimate of drug-likeness (QED) is 0.632. The van der Waals surface area contributed by atoms with E-state index in [-0.39, 0.29) is 18.1 Å². The van der Waals surface area contributed by atoms with Crippen molar-refractivity contribution in [1.29, 1.82) is 0 Å². The minimum Gasteiger partial charge on any atom is -0.352 e. The van der Waals surface area contributed by atoms with E-state index in [1.54, 1.807) is 29.8 Å². The molecule has 0 bridgehead atoms. The number of carbonyl (C=O) groups is 1. The fourth-order valence-electron chi connectivity index (χ4n) is 3.13. The first-order chi connectivity index (χ1) is 12.6. The minimum absolute atomic E-state index is 0.0616. The van der Waals surface area contributed by atoms with Gasteiger partial charge in [0, 0.05) is 26.2 Å². The second-order valence-electron chi connectivity index (χ2n) is 6.13. The molecule has 3 aromatic rings. The fourth-order valence-corrected chi connectivity index (χ4v) is 4.29. The molecule has 1 fully saturated rings. The van der Waals surface area contributed by atoms with E-state index in [0.29, 0.717) is 17.6 Å². The zero-order chi connectivity index (χ0) is 18.1. The highest BCUT2D eigenvalue weighted by Gasteiger charge is 2.23. The Morgan fingerprint density at radius 1 is 1.19 bits per heavy atom. The normalized spacial score (nSPS) is 14.8. The third kappa shape index (κ3) is 3.43. The van der Waals surface area contributed by atoms with Crippen molar-refractivity contribution >= 4 is 49.2 Å². The highest BCUT2D eigenvalue weighted by atomic mass is 79.9. The molecule has 1 aliphatic heterocycles. The molecule has 3 heterocycles. The SMILES string of the molecule is O=C(Cc1ccc(F)c(Br)c1)N1CCN(c2ncnc3sccc23)CC1. The summed E-state index contributed by atoms with van der Waals surface area (Å²) in [5.41, 5.74) is 0.807. The maximum atomic E-state index is 13.3. The van der Waals surface area contributed by atoms with Gasteiger partial charge in [-0.05, 0) is 45.1 Å². The number of hydrogen-bond acceptors (Lipinski definition) is 5. The lowest BCUT2D eigenvalue weighted by molar-refractivity contribution is -0.130. The molecule has 0 unspecified atom stereocenters. The Morgan fingerprint density at radius 3 is 2.77 bits per heavy atom. The highest BCUT2D eigenvalue weighted by Crippen LogP contribution is 2.27.